The minimum Gasteiger partial charge on any atom is -0.310 e. The lowest BCUT2D eigenvalue weighted by Crippen LogP contribution is -2.11. The van der Waals surface area contributed by atoms with Crippen LogP contribution in [0.2, 0.25) is 0 Å². The zero-order chi connectivity index (χ0) is 44.1. The van der Waals surface area contributed by atoms with E-state index in [4.69, 9.17) is 0 Å². The van der Waals surface area contributed by atoms with Crippen LogP contribution in [0.15, 0.2) is 305 Å². The van der Waals surface area contributed by atoms with E-state index in [1.807, 2.05) is 0 Å². The molecule has 0 aliphatic heterocycles. The highest BCUT2D eigenvalue weighted by Crippen LogP contribution is 2.73. The van der Waals surface area contributed by atoms with Gasteiger partial charge in [-0.25, -0.2) is 0 Å². The lowest BCUT2D eigenvalue weighted by Gasteiger charge is -2.42. The van der Waals surface area contributed by atoms with Gasteiger partial charge in [0.25, 0.3) is 0 Å². The molecule has 2 heteroatoms. The Labute approximate surface area is 389 Å². The fourth-order valence-corrected chi connectivity index (χ4v) is 13.4. The number of anilines is 3. The van der Waals surface area contributed by atoms with E-state index in [1.165, 1.54) is 69.3 Å². The van der Waals surface area contributed by atoms with Gasteiger partial charge in [0, 0.05) is 36.6 Å². The summed E-state index contributed by atoms with van der Waals surface area (Å²) < 4.78 is 0. The van der Waals surface area contributed by atoms with Gasteiger partial charge in [0.15, 0.2) is 0 Å². The minimum absolute atomic E-state index is 1.08. The minimum atomic E-state index is -1.90. The third-order valence-corrected chi connectivity index (χ3v) is 16.5. The summed E-state index contributed by atoms with van der Waals surface area (Å²) in [6.45, 7) is 0. The second-order valence-electron chi connectivity index (χ2n) is 16.5. The summed E-state index contributed by atoms with van der Waals surface area (Å²) >= 11 is 0. The molecule has 0 atom stereocenters. The van der Waals surface area contributed by atoms with Gasteiger partial charge in [0.1, 0.15) is 0 Å². The third-order valence-electron chi connectivity index (χ3n) is 12.6. The van der Waals surface area contributed by atoms with Crippen molar-refractivity contribution in [2.75, 3.05) is 4.90 Å². The molecule has 11 aromatic carbocycles. The molecular formula is C64H47NS. The molecule has 0 aliphatic rings. The molecule has 0 bridgehead atoms. The van der Waals surface area contributed by atoms with E-state index in [1.54, 1.807) is 0 Å². The summed E-state index contributed by atoms with van der Waals surface area (Å²) in [5.41, 5.74) is 12.9. The molecule has 0 N–H and O–H groups in total. The van der Waals surface area contributed by atoms with Crippen LogP contribution in [0, 0.1) is 0 Å². The average molecular weight is 862 g/mol. The molecule has 11 aromatic rings. The second kappa shape index (κ2) is 18.1. The van der Waals surface area contributed by atoms with Gasteiger partial charge in [-0.05, 0) is 140 Å². The molecule has 1 nitrogen and oxygen atoms in total. The van der Waals surface area contributed by atoms with Crippen LogP contribution >= 0.6 is 10.0 Å². The quantitative estimate of drug-likeness (QED) is 0.125. The Kier molecular flexibility index (Phi) is 11.2. The van der Waals surface area contributed by atoms with Gasteiger partial charge in [0.2, 0.25) is 0 Å². The Morgan fingerprint density at radius 3 is 1.14 bits per heavy atom. The lowest BCUT2D eigenvalue weighted by atomic mass is 9.90. The van der Waals surface area contributed by atoms with E-state index in [-0.39, 0.29) is 0 Å². The largest absolute Gasteiger partial charge is 0.310 e. The average Bonchev–Trinajstić information content (AvgIpc) is 3.41. The Morgan fingerprint density at radius 2 is 0.606 bits per heavy atom. The number of hydrogen-bond acceptors (Lipinski definition) is 1. The summed E-state index contributed by atoms with van der Waals surface area (Å²) in [4.78, 5) is 7.57. The maximum Gasteiger partial charge on any atom is 0.0472 e. The highest BCUT2D eigenvalue weighted by molar-refractivity contribution is 8.34. The van der Waals surface area contributed by atoms with Crippen LogP contribution in [-0.4, -0.2) is 0 Å². The standard InChI is InChI=1S/C64H47NS/c1-6-20-48(21-7-1)49-38-42-55(43-39-49)65(57-28-19-35-61(47-57)66(58-29-10-3-11-30-58,59-31-12-4-13-32-59)60-33-14-5-15-34-60)56-44-40-50(41-45-56)53-26-16-27-54(46-53)63-37-18-25-52-24-17-36-62(64(52)63)51-22-8-2-9-23-51/h1-47H. The Morgan fingerprint density at radius 1 is 0.227 bits per heavy atom. The van der Waals surface area contributed by atoms with Gasteiger partial charge in [-0.1, -0.05) is 200 Å². The van der Waals surface area contributed by atoms with Gasteiger partial charge < -0.3 is 4.90 Å². The van der Waals surface area contributed by atoms with Crippen LogP contribution < -0.4 is 4.90 Å². The van der Waals surface area contributed by atoms with Crippen LogP contribution in [0.1, 0.15) is 0 Å². The second-order valence-corrected chi connectivity index (χ2v) is 19.6. The van der Waals surface area contributed by atoms with Gasteiger partial charge in [0.05, 0.1) is 0 Å². The van der Waals surface area contributed by atoms with Crippen molar-refractivity contribution >= 4 is 37.9 Å². The van der Waals surface area contributed by atoms with E-state index < -0.39 is 10.0 Å². The Bertz CT molecular complexity index is 3270. The molecule has 66 heavy (non-hydrogen) atoms. The van der Waals surface area contributed by atoms with Gasteiger partial charge in [-0.3, -0.25) is 0 Å². The van der Waals surface area contributed by atoms with E-state index >= 15 is 0 Å². The third kappa shape index (κ3) is 7.68. The summed E-state index contributed by atoms with van der Waals surface area (Å²) in [5.74, 6) is 0. The zero-order valence-corrected chi connectivity index (χ0v) is 37.3. The molecule has 0 heterocycles. The van der Waals surface area contributed by atoms with Crippen molar-refractivity contribution in [2.24, 2.45) is 0 Å². The van der Waals surface area contributed by atoms with Crippen molar-refractivity contribution in [3.05, 3.63) is 285 Å². The van der Waals surface area contributed by atoms with Crippen molar-refractivity contribution < 1.29 is 0 Å². The molecule has 0 fully saturated rings. The smallest absolute Gasteiger partial charge is 0.0472 e. The van der Waals surface area contributed by atoms with Crippen LogP contribution in [0.3, 0.4) is 0 Å². The number of rotatable bonds is 11. The molecule has 0 aromatic heterocycles. The molecule has 0 saturated carbocycles. The molecule has 11 rings (SSSR count). The van der Waals surface area contributed by atoms with Crippen LogP contribution in [0.25, 0.3) is 55.3 Å². The van der Waals surface area contributed by atoms with E-state index in [9.17, 15) is 0 Å². The molecule has 0 saturated heterocycles. The first-order valence-electron chi connectivity index (χ1n) is 22.6. The van der Waals surface area contributed by atoms with Crippen LogP contribution in [0.5, 0.6) is 0 Å². The molecule has 0 aliphatic carbocycles. The van der Waals surface area contributed by atoms with Gasteiger partial charge in [-0.15, -0.1) is 10.0 Å². The number of nitrogens with zero attached hydrogens (tertiary/aromatic N) is 1. The zero-order valence-electron chi connectivity index (χ0n) is 36.5. The first kappa shape index (κ1) is 40.6. The van der Waals surface area contributed by atoms with Crippen LogP contribution in [0.4, 0.5) is 17.1 Å². The van der Waals surface area contributed by atoms with E-state index in [2.05, 4.69) is 290 Å². The summed E-state index contributed by atoms with van der Waals surface area (Å²) in [5, 5.41) is 2.51. The number of hydrogen-bond donors (Lipinski definition) is 0. The molecular weight excluding hydrogens is 815 g/mol. The van der Waals surface area contributed by atoms with Crippen molar-refractivity contribution in [1.29, 1.82) is 0 Å². The SMILES string of the molecule is c1ccc(-c2ccc(N(c3ccc(-c4cccc(-c5cccc6cccc(-c7ccccc7)c56)c4)cc3)c3cccc(S(c4ccccc4)(c4ccccc4)c4ccccc4)c3)cc2)cc1. The fraction of sp³-hybridized carbons (Fsp3) is 0. The first-order chi connectivity index (χ1) is 32.7. The van der Waals surface area contributed by atoms with Crippen molar-refractivity contribution in [1.82, 2.24) is 0 Å². The number of benzene rings is 11. The number of fused-ring (bicyclic) bond motifs is 1. The Balaban J connectivity index is 1.03. The molecule has 0 spiro atoms. The van der Waals surface area contributed by atoms with Gasteiger partial charge >= 0.3 is 0 Å². The van der Waals surface area contributed by atoms with Crippen molar-refractivity contribution in [2.45, 2.75) is 19.6 Å². The molecule has 0 unspecified atom stereocenters. The Hall–Kier alpha value is -8.17. The van der Waals surface area contributed by atoms with E-state index in [0.717, 1.165) is 22.6 Å². The molecule has 0 radical (unpaired) electrons. The first-order valence-corrected chi connectivity index (χ1v) is 24.2. The maximum atomic E-state index is 2.43. The molecule has 0 amide bonds. The lowest BCUT2D eigenvalue weighted by molar-refractivity contribution is 1.22. The fourth-order valence-electron chi connectivity index (χ4n) is 9.49. The highest BCUT2D eigenvalue weighted by Gasteiger charge is 2.33. The highest BCUT2D eigenvalue weighted by atomic mass is 32.3. The van der Waals surface area contributed by atoms with Crippen LogP contribution in [-0.2, 0) is 0 Å². The van der Waals surface area contributed by atoms with E-state index in [0.29, 0.717) is 0 Å². The summed E-state index contributed by atoms with van der Waals surface area (Å²) in [6, 6.07) is 104. The van der Waals surface area contributed by atoms with Gasteiger partial charge in [-0.2, -0.15) is 0 Å². The maximum absolute atomic E-state index is 2.43. The summed E-state index contributed by atoms with van der Waals surface area (Å²) in [6.07, 6.45) is 0. The molecule has 314 valence electrons. The topological polar surface area (TPSA) is 3.24 Å². The predicted molar refractivity (Wildman–Crippen MR) is 280 cm³/mol. The normalized spacial score (nSPS) is 11.6. The monoisotopic (exact) mass is 861 g/mol. The summed E-state index contributed by atoms with van der Waals surface area (Å²) in [7, 11) is -1.90. The predicted octanol–water partition coefficient (Wildman–Crippen LogP) is 18.3. The van der Waals surface area contributed by atoms with Crippen molar-refractivity contribution in [3.63, 3.8) is 0 Å². The van der Waals surface area contributed by atoms with Crippen molar-refractivity contribution in [3.8, 4) is 44.5 Å².